The second-order valence-corrected chi connectivity index (χ2v) is 6.42. The van der Waals surface area contributed by atoms with Gasteiger partial charge in [-0.3, -0.25) is 4.98 Å². The van der Waals surface area contributed by atoms with Gasteiger partial charge in [0.25, 0.3) is 5.88 Å². The zero-order chi connectivity index (χ0) is 18.8. The number of nitrogens with zero attached hydrogens (tertiary/aromatic N) is 5. The number of benzene rings is 1. The van der Waals surface area contributed by atoms with Gasteiger partial charge < -0.3 is 9.26 Å². The van der Waals surface area contributed by atoms with E-state index in [0.717, 1.165) is 16.9 Å². The molecule has 0 amide bonds. The smallest absolute Gasteiger partial charge is 0.257 e. The van der Waals surface area contributed by atoms with Crippen molar-refractivity contribution in [2.45, 2.75) is 20.0 Å². The first-order valence-electron chi connectivity index (χ1n) is 8.34. The predicted octanol–water partition coefficient (Wildman–Crippen LogP) is 4.42. The molecule has 0 spiro atoms. The van der Waals surface area contributed by atoms with Crippen LogP contribution in [0, 0.1) is 6.92 Å². The number of aromatic nitrogens is 5. The molecular weight excluding hydrogens is 366 g/mol. The van der Waals surface area contributed by atoms with Gasteiger partial charge in [0.15, 0.2) is 5.76 Å². The molecule has 0 saturated heterocycles. The monoisotopic (exact) mass is 381 g/mol. The molecule has 0 aliphatic heterocycles. The number of hydrogen-bond acceptors (Lipinski definition) is 6. The van der Waals surface area contributed by atoms with E-state index in [1.165, 1.54) is 0 Å². The maximum atomic E-state index is 6.03. The molecule has 27 heavy (non-hydrogen) atoms. The Bertz CT molecular complexity index is 1060. The topological polar surface area (TPSA) is 78.9 Å². The molecule has 4 rings (SSSR count). The van der Waals surface area contributed by atoms with E-state index in [1.54, 1.807) is 17.1 Å². The first kappa shape index (κ1) is 17.2. The summed E-state index contributed by atoms with van der Waals surface area (Å²) >= 11 is 6.03. The highest BCUT2D eigenvalue weighted by molar-refractivity contribution is 6.30. The fourth-order valence-electron chi connectivity index (χ4n) is 2.64. The first-order valence-corrected chi connectivity index (χ1v) is 8.71. The quantitative estimate of drug-likeness (QED) is 0.509. The van der Waals surface area contributed by atoms with E-state index in [9.17, 15) is 0 Å². The molecule has 3 heterocycles. The standard InChI is InChI=1S/C19H16ClN5O2/c1-12-19(22-24-25(12)16-6-8-21-9-7-16)26-13(2)17-11-18(27-23-17)14-4-3-5-15(20)10-14/h3-11,13H,1-2H3/t13-/m0/s1. The summed E-state index contributed by atoms with van der Waals surface area (Å²) in [5.74, 6) is 1.06. The van der Waals surface area contributed by atoms with E-state index in [0.29, 0.717) is 22.4 Å². The van der Waals surface area contributed by atoms with Gasteiger partial charge in [0.05, 0.1) is 5.69 Å². The van der Waals surface area contributed by atoms with Crippen LogP contribution < -0.4 is 4.74 Å². The van der Waals surface area contributed by atoms with Gasteiger partial charge in [0.1, 0.15) is 17.5 Å². The van der Waals surface area contributed by atoms with Crippen LogP contribution in [0.15, 0.2) is 59.4 Å². The zero-order valence-corrected chi connectivity index (χ0v) is 15.5. The molecule has 0 radical (unpaired) electrons. The summed E-state index contributed by atoms with van der Waals surface area (Å²) in [5.41, 5.74) is 3.16. The molecule has 4 aromatic rings. The van der Waals surface area contributed by atoms with Gasteiger partial charge in [0, 0.05) is 29.0 Å². The Kier molecular flexibility index (Phi) is 4.60. The fourth-order valence-corrected chi connectivity index (χ4v) is 2.83. The third kappa shape index (κ3) is 3.54. The highest BCUT2D eigenvalue weighted by atomic mass is 35.5. The van der Waals surface area contributed by atoms with Gasteiger partial charge in [-0.05, 0) is 38.1 Å². The molecular formula is C19H16ClN5O2. The second-order valence-electron chi connectivity index (χ2n) is 5.98. The van der Waals surface area contributed by atoms with Gasteiger partial charge in [-0.1, -0.05) is 39.2 Å². The third-order valence-corrected chi connectivity index (χ3v) is 4.34. The van der Waals surface area contributed by atoms with Crippen LogP contribution in [0.3, 0.4) is 0 Å². The predicted molar refractivity (Wildman–Crippen MR) is 99.9 cm³/mol. The molecule has 0 N–H and O–H groups in total. The van der Waals surface area contributed by atoms with Crippen molar-refractivity contribution in [2.75, 3.05) is 0 Å². The van der Waals surface area contributed by atoms with Crippen LogP contribution in [0.5, 0.6) is 5.88 Å². The Hall–Kier alpha value is -3.19. The third-order valence-electron chi connectivity index (χ3n) is 4.10. The minimum absolute atomic E-state index is 0.358. The number of halogens is 1. The van der Waals surface area contributed by atoms with Crippen LogP contribution in [0.2, 0.25) is 5.02 Å². The van der Waals surface area contributed by atoms with Crippen molar-refractivity contribution >= 4 is 11.6 Å². The number of ether oxygens (including phenoxy) is 1. The highest BCUT2D eigenvalue weighted by Crippen LogP contribution is 2.28. The zero-order valence-electron chi connectivity index (χ0n) is 14.7. The van der Waals surface area contributed by atoms with E-state index >= 15 is 0 Å². The fraction of sp³-hybridized carbons (Fsp3) is 0.158. The summed E-state index contributed by atoms with van der Waals surface area (Å²) in [6, 6.07) is 12.9. The highest BCUT2D eigenvalue weighted by Gasteiger charge is 2.19. The second kappa shape index (κ2) is 7.20. The molecule has 1 aromatic carbocycles. The molecule has 3 aromatic heterocycles. The van der Waals surface area contributed by atoms with Crippen LogP contribution in [-0.2, 0) is 0 Å². The summed E-state index contributed by atoms with van der Waals surface area (Å²) < 4.78 is 13.1. The lowest BCUT2D eigenvalue weighted by molar-refractivity contribution is 0.204. The van der Waals surface area contributed by atoms with Crippen molar-refractivity contribution in [1.82, 2.24) is 25.1 Å². The lowest BCUT2D eigenvalue weighted by atomic mass is 10.1. The molecule has 0 aliphatic carbocycles. The maximum absolute atomic E-state index is 6.03. The Labute approximate surface area is 160 Å². The lowest BCUT2D eigenvalue weighted by Crippen LogP contribution is -2.05. The lowest BCUT2D eigenvalue weighted by Gasteiger charge is -2.10. The van der Waals surface area contributed by atoms with E-state index in [4.69, 9.17) is 20.9 Å². The maximum Gasteiger partial charge on any atom is 0.257 e. The van der Waals surface area contributed by atoms with Crippen LogP contribution in [0.4, 0.5) is 0 Å². The van der Waals surface area contributed by atoms with Crippen molar-refractivity contribution in [2.24, 2.45) is 0 Å². The van der Waals surface area contributed by atoms with Crippen molar-refractivity contribution < 1.29 is 9.26 Å². The normalized spacial score (nSPS) is 12.1. The van der Waals surface area contributed by atoms with Crippen LogP contribution >= 0.6 is 11.6 Å². The van der Waals surface area contributed by atoms with Gasteiger partial charge in [-0.25, -0.2) is 4.68 Å². The van der Waals surface area contributed by atoms with Crippen LogP contribution in [0.1, 0.15) is 24.4 Å². The number of hydrogen-bond donors (Lipinski definition) is 0. The van der Waals surface area contributed by atoms with Crippen molar-refractivity contribution in [3.8, 4) is 22.9 Å². The van der Waals surface area contributed by atoms with Gasteiger partial charge in [0.2, 0.25) is 0 Å². The van der Waals surface area contributed by atoms with Gasteiger partial charge >= 0.3 is 0 Å². The average molecular weight is 382 g/mol. The van der Waals surface area contributed by atoms with Crippen LogP contribution in [-0.4, -0.2) is 25.1 Å². The summed E-state index contributed by atoms with van der Waals surface area (Å²) in [7, 11) is 0. The largest absolute Gasteiger partial charge is 0.466 e. The van der Waals surface area contributed by atoms with Gasteiger partial charge in [-0.15, -0.1) is 0 Å². The van der Waals surface area contributed by atoms with Gasteiger partial charge in [-0.2, -0.15) is 0 Å². The minimum atomic E-state index is -0.358. The molecule has 0 aliphatic rings. The summed E-state index contributed by atoms with van der Waals surface area (Å²) in [4.78, 5) is 4.01. The molecule has 0 fully saturated rings. The minimum Gasteiger partial charge on any atom is -0.466 e. The van der Waals surface area contributed by atoms with E-state index in [-0.39, 0.29) is 6.10 Å². The molecule has 136 valence electrons. The summed E-state index contributed by atoms with van der Waals surface area (Å²) in [6.07, 6.45) is 3.04. The Morgan fingerprint density at radius 2 is 1.96 bits per heavy atom. The molecule has 1 atom stereocenters. The Morgan fingerprint density at radius 3 is 2.74 bits per heavy atom. The average Bonchev–Trinajstić information content (AvgIpc) is 3.31. The molecule has 8 heteroatoms. The Balaban J connectivity index is 1.53. The van der Waals surface area contributed by atoms with E-state index < -0.39 is 0 Å². The molecule has 0 saturated carbocycles. The molecule has 0 unspecified atom stereocenters. The summed E-state index contributed by atoms with van der Waals surface area (Å²) in [5, 5.41) is 13.0. The molecule has 7 nitrogen and oxygen atoms in total. The van der Waals surface area contributed by atoms with Crippen molar-refractivity contribution in [3.05, 3.63) is 71.3 Å². The van der Waals surface area contributed by atoms with Crippen LogP contribution in [0.25, 0.3) is 17.0 Å². The van der Waals surface area contributed by atoms with E-state index in [2.05, 4.69) is 20.5 Å². The molecule has 0 bridgehead atoms. The first-order chi connectivity index (χ1) is 13.1. The van der Waals surface area contributed by atoms with Crippen molar-refractivity contribution in [1.29, 1.82) is 0 Å². The van der Waals surface area contributed by atoms with Crippen molar-refractivity contribution in [3.63, 3.8) is 0 Å². The Morgan fingerprint density at radius 1 is 1.15 bits per heavy atom. The summed E-state index contributed by atoms with van der Waals surface area (Å²) in [6.45, 7) is 3.77. The SMILES string of the molecule is Cc1c(O[C@@H](C)c2cc(-c3cccc(Cl)c3)on2)nnn1-c1ccncc1. The van der Waals surface area contributed by atoms with E-state index in [1.807, 2.05) is 56.3 Å². The number of pyridine rings is 1. The number of rotatable bonds is 5.